The molecule has 0 radical (unpaired) electrons. The second-order valence-corrected chi connectivity index (χ2v) is 11.6. The van der Waals surface area contributed by atoms with Gasteiger partial charge in [-0.05, 0) is 64.8 Å². The molecule has 0 saturated heterocycles. The second kappa shape index (κ2) is 16.8. The van der Waals surface area contributed by atoms with Gasteiger partial charge in [0.25, 0.3) is 0 Å². The standard InChI is InChI=1S/2C11H14N2O.2BrH.Co/c2*1-8-6-4-5-7-11(8)12-9(2)10(3)13-14;;;/h2*4-7,14H,1-3H3;2*1H;/q;;;;+2/p-2/b2*12-9?,13-10-;;;. The van der Waals surface area contributed by atoms with Gasteiger partial charge in [0.1, 0.15) is 0 Å². The van der Waals surface area contributed by atoms with E-state index in [1.807, 2.05) is 76.2 Å². The second-order valence-electron chi connectivity index (χ2n) is 6.39. The van der Waals surface area contributed by atoms with Crippen LogP contribution in [0.25, 0.3) is 0 Å². The van der Waals surface area contributed by atoms with Crippen LogP contribution in [0.2, 0.25) is 0 Å². The quantitative estimate of drug-likeness (QED) is 0.216. The summed E-state index contributed by atoms with van der Waals surface area (Å²) < 4.78 is 0. The summed E-state index contributed by atoms with van der Waals surface area (Å²) in [5.74, 6) is 0. The van der Waals surface area contributed by atoms with Crippen LogP contribution in [-0.4, -0.2) is 33.3 Å². The van der Waals surface area contributed by atoms with Crippen molar-refractivity contribution in [3.63, 3.8) is 0 Å². The molecular formula is C22H28Br2CoN4O2. The number of nitrogens with zero attached hydrogens (tertiary/aromatic N) is 4. The van der Waals surface area contributed by atoms with Crippen molar-refractivity contribution in [3.8, 4) is 0 Å². The van der Waals surface area contributed by atoms with Crippen molar-refractivity contribution in [1.82, 2.24) is 0 Å². The third-order valence-corrected chi connectivity index (χ3v) is 4.15. The van der Waals surface area contributed by atoms with Gasteiger partial charge in [0.15, 0.2) is 0 Å². The van der Waals surface area contributed by atoms with Gasteiger partial charge in [-0.3, -0.25) is 9.98 Å². The van der Waals surface area contributed by atoms with Crippen LogP contribution in [0.4, 0.5) is 11.4 Å². The van der Waals surface area contributed by atoms with Gasteiger partial charge >= 0.3 is 39.5 Å². The van der Waals surface area contributed by atoms with E-state index in [2.05, 4.69) is 48.6 Å². The summed E-state index contributed by atoms with van der Waals surface area (Å²) in [7, 11) is 0. The molecule has 0 aliphatic carbocycles. The first kappa shape index (κ1) is 29.2. The predicted molar refractivity (Wildman–Crippen MR) is 136 cm³/mol. The average molecular weight is 599 g/mol. The summed E-state index contributed by atoms with van der Waals surface area (Å²) in [5.41, 5.74) is 6.56. The van der Waals surface area contributed by atoms with Gasteiger partial charge in [0.2, 0.25) is 0 Å². The van der Waals surface area contributed by atoms with Crippen LogP contribution in [0.3, 0.4) is 0 Å². The Bertz CT molecular complexity index is 869. The summed E-state index contributed by atoms with van der Waals surface area (Å²) in [5, 5.41) is 23.3. The minimum absolute atomic E-state index is 0.535. The topological polar surface area (TPSA) is 89.9 Å². The number of aliphatic imine (C=N–C) groups is 2. The fraction of sp³-hybridized carbons (Fsp3) is 0.273. The molecule has 0 bridgehead atoms. The van der Waals surface area contributed by atoms with Gasteiger partial charge < -0.3 is 10.4 Å². The fourth-order valence-corrected chi connectivity index (χ4v) is 2.05. The molecule has 0 amide bonds. The molecule has 0 saturated carbocycles. The van der Waals surface area contributed by atoms with Crippen LogP contribution in [0.15, 0.2) is 68.8 Å². The van der Waals surface area contributed by atoms with Gasteiger partial charge in [0.05, 0.1) is 34.2 Å². The van der Waals surface area contributed by atoms with Crippen molar-refractivity contribution in [2.75, 3.05) is 0 Å². The molecule has 2 N–H and O–H groups in total. The first-order valence-corrected chi connectivity index (χ1v) is 14.3. The number of hydrogen-bond acceptors (Lipinski definition) is 6. The van der Waals surface area contributed by atoms with Gasteiger partial charge in [-0.25, -0.2) is 0 Å². The van der Waals surface area contributed by atoms with Crippen LogP contribution in [0.5, 0.6) is 0 Å². The van der Waals surface area contributed by atoms with E-state index in [-0.39, 0.29) is 0 Å². The van der Waals surface area contributed by atoms with E-state index in [0.717, 1.165) is 45.0 Å². The average Bonchev–Trinajstić information content (AvgIpc) is 2.76. The molecule has 0 aliphatic heterocycles. The number of halogens is 2. The van der Waals surface area contributed by atoms with Crippen LogP contribution < -0.4 is 0 Å². The van der Waals surface area contributed by atoms with E-state index >= 15 is 0 Å². The summed E-state index contributed by atoms with van der Waals surface area (Å²) in [6.07, 6.45) is 0. The van der Waals surface area contributed by atoms with Crippen molar-refractivity contribution in [1.29, 1.82) is 0 Å². The molecule has 0 aromatic heterocycles. The van der Waals surface area contributed by atoms with Gasteiger partial charge in [-0.2, -0.15) is 0 Å². The number of benzene rings is 2. The molecule has 31 heavy (non-hydrogen) atoms. The SMILES string of the molecule is CC(=Nc1ccccc1C)/C(C)=N\O.CC(=Nc1ccccc1C)/C(C)=N\O.[Br][Co][Br]. The zero-order valence-corrected chi connectivity index (χ0v) is 22.6. The van der Waals surface area contributed by atoms with Crippen molar-refractivity contribution in [2.24, 2.45) is 20.3 Å². The van der Waals surface area contributed by atoms with Crippen molar-refractivity contribution in [2.45, 2.75) is 41.5 Å². The zero-order chi connectivity index (χ0) is 23.8. The number of hydrogen-bond donors (Lipinski definition) is 2. The molecular weight excluding hydrogens is 571 g/mol. The number of rotatable bonds is 4. The van der Waals surface area contributed by atoms with E-state index in [0.29, 0.717) is 11.4 Å². The van der Waals surface area contributed by atoms with Crippen molar-refractivity contribution < 1.29 is 21.5 Å². The third kappa shape index (κ3) is 12.0. The number of para-hydroxylation sites is 2. The van der Waals surface area contributed by atoms with E-state index in [1.54, 1.807) is 13.8 Å². The minimum atomic E-state index is 0.535. The van der Waals surface area contributed by atoms with Crippen molar-refractivity contribution >= 4 is 62.6 Å². The van der Waals surface area contributed by atoms with Crippen LogP contribution in [0.1, 0.15) is 38.8 Å². The zero-order valence-electron chi connectivity index (χ0n) is 18.4. The Balaban J connectivity index is 0.000000516. The maximum atomic E-state index is 8.56. The molecule has 0 aliphatic rings. The Morgan fingerprint density at radius 3 is 1.19 bits per heavy atom. The Labute approximate surface area is 204 Å². The molecule has 2 aromatic carbocycles. The van der Waals surface area contributed by atoms with E-state index in [1.165, 1.54) is 0 Å². The summed E-state index contributed by atoms with van der Waals surface area (Å²) in [4.78, 5) is 8.71. The Kier molecular flexibility index (Phi) is 15.8. The molecule has 9 heteroatoms. The fourth-order valence-electron chi connectivity index (χ4n) is 2.05. The molecule has 0 heterocycles. The summed E-state index contributed by atoms with van der Waals surface area (Å²) in [6.45, 7) is 11.1. The van der Waals surface area contributed by atoms with Crippen LogP contribution in [0, 0.1) is 13.8 Å². The van der Waals surface area contributed by atoms with Gasteiger partial charge in [-0.1, -0.05) is 46.7 Å². The Hall–Kier alpha value is -1.81. The summed E-state index contributed by atoms with van der Waals surface area (Å²) >= 11 is 7.12. The molecule has 0 atom stereocenters. The molecule has 0 fully saturated rings. The van der Waals surface area contributed by atoms with E-state index < -0.39 is 0 Å². The van der Waals surface area contributed by atoms with E-state index in [4.69, 9.17) is 10.4 Å². The molecule has 2 aromatic rings. The first-order valence-electron chi connectivity index (χ1n) is 9.15. The summed E-state index contributed by atoms with van der Waals surface area (Å²) in [6, 6.07) is 15.7. The molecule has 0 spiro atoms. The van der Waals surface area contributed by atoms with Crippen molar-refractivity contribution in [3.05, 3.63) is 59.7 Å². The number of oxime groups is 2. The predicted octanol–water partition coefficient (Wildman–Crippen LogP) is 7.56. The monoisotopic (exact) mass is 597 g/mol. The molecule has 2 rings (SSSR count). The maximum absolute atomic E-state index is 8.56. The van der Waals surface area contributed by atoms with E-state index in [9.17, 15) is 0 Å². The first-order chi connectivity index (χ1) is 14.7. The Morgan fingerprint density at radius 1 is 0.645 bits per heavy atom. The number of aryl methyl sites for hydroxylation is 2. The van der Waals surface area contributed by atoms with Gasteiger partial charge in [0, 0.05) is 0 Å². The Morgan fingerprint density at radius 2 is 0.935 bits per heavy atom. The van der Waals surface area contributed by atoms with Gasteiger partial charge in [-0.15, -0.1) is 0 Å². The van der Waals surface area contributed by atoms with Crippen LogP contribution >= 0.6 is 28.3 Å². The molecule has 0 unspecified atom stereocenters. The van der Waals surface area contributed by atoms with Crippen LogP contribution in [-0.2, 0) is 11.1 Å². The molecule has 6 nitrogen and oxygen atoms in total. The normalized spacial score (nSPS) is 12.5. The third-order valence-electron chi connectivity index (χ3n) is 4.15. The molecule has 171 valence electrons.